The van der Waals surface area contributed by atoms with E-state index in [2.05, 4.69) is 6.58 Å². The quantitative estimate of drug-likeness (QED) is 0.145. The molecule has 276 valence electrons. The van der Waals surface area contributed by atoms with Crippen LogP contribution in [0.1, 0.15) is 78.6 Å². The van der Waals surface area contributed by atoms with Crippen molar-refractivity contribution >= 4 is 23.7 Å². The number of aliphatic hydroxyl groups is 3. The lowest BCUT2D eigenvalue weighted by Crippen LogP contribution is -2.62. The van der Waals surface area contributed by atoms with Crippen LogP contribution in [0.25, 0.3) is 0 Å². The van der Waals surface area contributed by atoms with Crippen molar-refractivity contribution in [2.24, 2.45) is 5.41 Å². The molecule has 4 bridgehead atoms. The summed E-state index contributed by atoms with van der Waals surface area (Å²) in [6.45, 7) is 7.94. The van der Waals surface area contributed by atoms with Crippen LogP contribution in [-0.2, 0) is 52.3 Å². The number of hydrogen-bond acceptors (Lipinski definition) is 14. The van der Waals surface area contributed by atoms with Gasteiger partial charge in [-0.1, -0.05) is 26.0 Å². The van der Waals surface area contributed by atoms with E-state index in [1.807, 2.05) is 0 Å². The van der Waals surface area contributed by atoms with Gasteiger partial charge < -0.3 is 48.5 Å². The number of allylic oxidation sites excluding steroid dienone is 1. The Morgan fingerprint density at radius 1 is 1.08 bits per heavy atom. The third-order valence-electron chi connectivity index (χ3n) is 8.75. The maximum absolute atomic E-state index is 12.7. The van der Waals surface area contributed by atoms with E-state index in [-0.39, 0.29) is 62.8 Å². The molecule has 1 unspecified atom stereocenters. The Balaban J connectivity index is 2.04. The zero-order valence-corrected chi connectivity index (χ0v) is 28.9. The highest BCUT2D eigenvalue weighted by atomic mass is 16.7. The molecule has 0 radical (unpaired) electrons. The summed E-state index contributed by atoms with van der Waals surface area (Å²) in [4.78, 5) is 50.1. The number of ether oxygens (including phenoxy) is 7. The number of carbonyl (C=O) groups excluding carboxylic acids is 4. The first-order valence-electron chi connectivity index (χ1n) is 16.7. The van der Waals surface area contributed by atoms with Crippen molar-refractivity contribution in [1.29, 1.82) is 0 Å². The Bertz CT molecular complexity index is 1210. The van der Waals surface area contributed by atoms with Crippen molar-refractivity contribution in [2.75, 3.05) is 26.9 Å². The van der Waals surface area contributed by atoms with Crippen molar-refractivity contribution in [3.63, 3.8) is 0 Å². The Morgan fingerprint density at radius 2 is 1.80 bits per heavy atom. The van der Waals surface area contributed by atoms with Gasteiger partial charge in [0.15, 0.2) is 12.4 Å². The van der Waals surface area contributed by atoms with Crippen LogP contribution in [-0.4, -0.2) is 115 Å². The lowest BCUT2D eigenvalue weighted by atomic mass is 9.74. The van der Waals surface area contributed by atoms with Crippen LogP contribution in [0.4, 0.5) is 0 Å². The van der Waals surface area contributed by atoms with E-state index >= 15 is 0 Å². The average Bonchev–Trinajstić information content (AvgIpc) is 3.03. The number of esters is 3. The molecule has 3 N–H and O–H groups in total. The number of ketones is 1. The standard InChI is InChI=1S/C35H52O14/c1-6-7-8-24(38)17-27-19-26-11-14-44-13-10-25(39)18-31(41)46-29(21-36)20-28-15-23(16-30(40)43-5)33(45-22(2)37)35(42,49-28)34(3,4)12-9-32(47-26)48-27/h6,9,12,16,25-29,32-33,36,39,42H,1,7-8,10-11,13-15,17-21H2,2-5H3/b12-9+,23-16+/t25-,26-,27?,28+,29-,32-,33+,35-/m1/s1. The summed E-state index contributed by atoms with van der Waals surface area (Å²) in [6.07, 6.45) is 1.22. The topological polar surface area (TPSA) is 194 Å². The fourth-order valence-corrected chi connectivity index (χ4v) is 6.07. The highest BCUT2D eigenvalue weighted by Crippen LogP contribution is 2.46. The third-order valence-corrected chi connectivity index (χ3v) is 8.75. The molecule has 3 aliphatic heterocycles. The summed E-state index contributed by atoms with van der Waals surface area (Å²) >= 11 is 0. The Hall–Kier alpha value is -2.98. The zero-order chi connectivity index (χ0) is 36.2. The van der Waals surface area contributed by atoms with Crippen LogP contribution in [0.3, 0.4) is 0 Å². The molecule has 0 aromatic heterocycles. The van der Waals surface area contributed by atoms with Gasteiger partial charge in [0.25, 0.3) is 0 Å². The number of Topliss-reactive ketones (excluding diaryl/α,β-unsaturated/α-hetero) is 1. The lowest BCUT2D eigenvalue weighted by Gasteiger charge is -2.50. The maximum Gasteiger partial charge on any atom is 0.330 e. The molecule has 3 heterocycles. The molecule has 8 atom stereocenters. The molecule has 3 aliphatic rings. The van der Waals surface area contributed by atoms with Crippen LogP contribution in [0, 0.1) is 5.41 Å². The van der Waals surface area contributed by atoms with E-state index in [4.69, 9.17) is 33.2 Å². The van der Waals surface area contributed by atoms with Crippen molar-refractivity contribution < 1.29 is 67.7 Å². The van der Waals surface area contributed by atoms with Gasteiger partial charge in [-0.15, -0.1) is 6.58 Å². The summed E-state index contributed by atoms with van der Waals surface area (Å²) in [5.41, 5.74) is -1.21. The zero-order valence-electron chi connectivity index (χ0n) is 28.9. The summed E-state index contributed by atoms with van der Waals surface area (Å²) in [6, 6.07) is 0. The molecular formula is C35H52O14. The molecule has 0 saturated carbocycles. The predicted molar refractivity (Wildman–Crippen MR) is 172 cm³/mol. The first-order valence-corrected chi connectivity index (χ1v) is 16.7. The monoisotopic (exact) mass is 696 g/mol. The predicted octanol–water partition coefficient (Wildman–Crippen LogP) is 2.36. The van der Waals surface area contributed by atoms with Gasteiger partial charge >= 0.3 is 17.9 Å². The summed E-state index contributed by atoms with van der Waals surface area (Å²) in [7, 11) is 1.18. The van der Waals surface area contributed by atoms with Gasteiger partial charge in [0, 0.05) is 57.3 Å². The van der Waals surface area contributed by atoms with Gasteiger partial charge in [-0.3, -0.25) is 14.4 Å². The van der Waals surface area contributed by atoms with Crippen molar-refractivity contribution in [3.05, 3.63) is 36.5 Å². The Labute approximate surface area is 287 Å². The molecule has 2 fully saturated rings. The van der Waals surface area contributed by atoms with Crippen molar-refractivity contribution in [3.8, 4) is 0 Å². The summed E-state index contributed by atoms with van der Waals surface area (Å²) < 4.78 is 40.2. The molecule has 14 heteroatoms. The van der Waals surface area contributed by atoms with E-state index in [0.29, 0.717) is 25.7 Å². The number of rotatable bonds is 8. The number of hydrogen-bond donors (Lipinski definition) is 3. The van der Waals surface area contributed by atoms with E-state index in [1.54, 1.807) is 32.1 Å². The molecule has 49 heavy (non-hydrogen) atoms. The first-order chi connectivity index (χ1) is 23.2. The van der Waals surface area contributed by atoms with Gasteiger partial charge in [-0.05, 0) is 37.3 Å². The number of aliphatic hydroxyl groups excluding tert-OH is 2. The normalized spacial score (nSPS) is 34.6. The second-order valence-corrected chi connectivity index (χ2v) is 13.2. The molecule has 3 rings (SSSR count). The van der Waals surface area contributed by atoms with Gasteiger partial charge in [-0.25, -0.2) is 4.79 Å². The average molecular weight is 697 g/mol. The number of carbonyl (C=O) groups is 4. The molecule has 0 aromatic rings. The molecular weight excluding hydrogens is 644 g/mol. The molecule has 0 spiro atoms. The lowest BCUT2D eigenvalue weighted by molar-refractivity contribution is -0.327. The van der Waals surface area contributed by atoms with E-state index in [1.165, 1.54) is 7.11 Å². The summed E-state index contributed by atoms with van der Waals surface area (Å²) in [5, 5.41) is 32.9. The van der Waals surface area contributed by atoms with Crippen LogP contribution < -0.4 is 0 Å². The van der Waals surface area contributed by atoms with Crippen LogP contribution in [0.15, 0.2) is 36.5 Å². The minimum absolute atomic E-state index is 0.0186. The maximum atomic E-state index is 12.7. The Kier molecular flexibility index (Phi) is 15.6. The van der Waals surface area contributed by atoms with Gasteiger partial charge in [0.2, 0.25) is 5.79 Å². The van der Waals surface area contributed by atoms with Crippen molar-refractivity contribution in [2.45, 2.75) is 127 Å². The SMILES string of the molecule is C=CCCC(=O)CC1C[C@H]2CCOCC[C@@H](O)CC(=O)O[C@@H](CO)C[C@@H]3C/C(=C\C(=O)OC)[C@H](OC(C)=O)[C@@](O)(O3)C(C)(C)/C=C/[C@@H](O1)O2. The summed E-state index contributed by atoms with van der Waals surface area (Å²) in [5.74, 6) is -4.58. The Morgan fingerprint density at radius 3 is 2.47 bits per heavy atom. The van der Waals surface area contributed by atoms with Crippen LogP contribution in [0.2, 0.25) is 0 Å². The second kappa shape index (κ2) is 18.9. The molecule has 0 aromatic carbocycles. The van der Waals surface area contributed by atoms with Gasteiger partial charge in [-0.2, -0.15) is 0 Å². The van der Waals surface area contributed by atoms with Gasteiger partial charge in [0.1, 0.15) is 11.9 Å². The fraction of sp³-hybridized carbons (Fsp3) is 0.714. The molecule has 2 saturated heterocycles. The van der Waals surface area contributed by atoms with Gasteiger partial charge in [0.05, 0.1) is 44.6 Å². The smallest absolute Gasteiger partial charge is 0.330 e. The number of methoxy groups -OCH3 is 1. The van der Waals surface area contributed by atoms with Crippen LogP contribution in [0.5, 0.6) is 0 Å². The fourth-order valence-electron chi connectivity index (χ4n) is 6.07. The molecule has 0 amide bonds. The van der Waals surface area contributed by atoms with E-state index in [0.717, 1.165) is 13.0 Å². The first kappa shape index (κ1) is 40.4. The minimum atomic E-state index is -2.32. The number of cyclic esters (lactones) is 1. The van der Waals surface area contributed by atoms with E-state index in [9.17, 15) is 34.5 Å². The molecule has 14 nitrogen and oxygen atoms in total. The highest BCUT2D eigenvalue weighted by Gasteiger charge is 2.57. The second-order valence-electron chi connectivity index (χ2n) is 13.2. The molecule has 0 aliphatic carbocycles. The van der Waals surface area contributed by atoms with Crippen LogP contribution >= 0.6 is 0 Å². The largest absolute Gasteiger partial charge is 0.466 e. The third kappa shape index (κ3) is 12.1. The minimum Gasteiger partial charge on any atom is -0.466 e. The van der Waals surface area contributed by atoms with Crippen molar-refractivity contribution in [1.82, 2.24) is 0 Å². The highest BCUT2D eigenvalue weighted by molar-refractivity contribution is 5.83. The van der Waals surface area contributed by atoms with E-state index < -0.39 is 72.5 Å². The number of fused-ring (bicyclic) bond motifs is 4.